The predicted molar refractivity (Wildman–Crippen MR) is 75.2 cm³/mol. The summed E-state index contributed by atoms with van der Waals surface area (Å²) in [6.07, 6.45) is 1.97. The van der Waals surface area contributed by atoms with Crippen molar-refractivity contribution in [3.05, 3.63) is 29.8 Å². The molecule has 1 amide bonds. The van der Waals surface area contributed by atoms with Gasteiger partial charge in [0.1, 0.15) is 0 Å². The molecule has 1 atom stereocenters. The quantitative estimate of drug-likeness (QED) is 0.852. The Morgan fingerprint density at radius 3 is 2.67 bits per heavy atom. The maximum Gasteiger partial charge on any atom is 0.240 e. The van der Waals surface area contributed by atoms with Gasteiger partial charge in [0.25, 0.3) is 0 Å². The van der Waals surface area contributed by atoms with Gasteiger partial charge in [-0.1, -0.05) is 12.1 Å². The molecule has 2 rings (SSSR count). The summed E-state index contributed by atoms with van der Waals surface area (Å²) in [6.45, 7) is 3.48. The smallest absolute Gasteiger partial charge is 0.240 e. The van der Waals surface area contributed by atoms with Gasteiger partial charge in [0.05, 0.1) is 10.4 Å². The molecule has 1 N–H and O–H groups in total. The number of rotatable bonds is 3. The molecule has 1 aromatic rings. The van der Waals surface area contributed by atoms with Crippen LogP contribution in [0.4, 0.5) is 5.69 Å². The molecule has 1 fully saturated rings. The van der Waals surface area contributed by atoms with Crippen molar-refractivity contribution in [2.24, 2.45) is 0 Å². The zero-order chi connectivity index (χ0) is 13.2. The molecule has 0 aromatic heterocycles. The molecule has 0 saturated carbocycles. The Labute approximate surface area is 111 Å². The highest BCUT2D eigenvalue weighted by atomic mass is 32.2. The largest absolute Gasteiger partial charge is 0.324 e. The molecule has 1 unspecified atom stereocenters. The van der Waals surface area contributed by atoms with E-state index in [9.17, 15) is 9.59 Å². The molecule has 3 nitrogen and oxygen atoms in total. The van der Waals surface area contributed by atoms with E-state index in [-0.39, 0.29) is 16.4 Å². The van der Waals surface area contributed by atoms with Gasteiger partial charge in [-0.25, -0.2) is 0 Å². The molecule has 1 aliphatic heterocycles. The molecular formula is C14H17NO2S. The number of carbonyl (C=O) groups is 2. The van der Waals surface area contributed by atoms with E-state index in [1.54, 1.807) is 30.0 Å². The zero-order valence-corrected chi connectivity index (χ0v) is 11.5. The van der Waals surface area contributed by atoms with Crippen LogP contribution in [0, 0.1) is 0 Å². The van der Waals surface area contributed by atoms with Gasteiger partial charge in [-0.05, 0) is 44.6 Å². The van der Waals surface area contributed by atoms with Crippen LogP contribution in [-0.2, 0) is 4.79 Å². The molecular weight excluding hydrogens is 246 g/mol. The second-order valence-electron chi connectivity index (χ2n) is 4.74. The van der Waals surface area contributed by atoms with Crippen LogP contribution in [0.1, 0.15) is 37.0 Å². The third kappa shape index (κ3) is 2.58. The first-order valence-electron chi connectivity index (χ1n) is 6.08. The second-order valence-corrected chi connectivity index (χ2v) is 6.34. The van der Waals surface area contributed by atoms with Crippen molar-refractivity contribution in [2.45, 2.75) is 31.4 Å². The van der Waals surface area contributed by atoms with Gasteiger partial charge in [0.15, 0.2) is 5.78 Å². The third-order valence-corrected chi connectivity index (χ3v) is 4.77. The summed E-state index contributed by atoms with van der Waals surface area (Å²) in [5, 5.41) is 2.89. The Balaban J connectivity index is 2.19. The summed E-state index contributed by atoms with van der Waals surface area (Å²) < 4.78 is -0.357. The molecule has 1 saturated heterocycles. The highest BCUT2D eigenvalue weighted by Crippen LogP contribution is 2.38. The van der Waals surface area contributed by atoms with E-state index in [0.717, 1.165) is 18.6 Å². The van der Waals surface area contributed by atoms with Crippen molar-refractivity contribution in [1.29, 1.82) is 0 Å². The van der Waals surface area contributed by atoms with E-state index < -0.39 is 0 Å². The van der Waals surface area contributed by atoms with Crippen LogP contribution in [-0.4, -0.2) is 22.2 Å². The maximum atomic E-state index is 12.3. The number of Topliss-reactive ketones (excluding diaryl/α,β-unsaturated/α-hetero) is 1. The monoisotopic (exact) mass is 263 g/mol. The number of carbonyl (C=O) groups excluding carboxylic acids is 2. The number of ketones is 1. The Morgan fingerprint density at radius 1 is 1.33 bits per heavy atom. The average Bonchev–Trinajstić information content (AvgIpc) is 2.78. The van der Waals surface area contributed by atoms with Crippen LogP contribution < -0.4 is 5.32 Å². The van der Waals surface area contributed by atoms with Crippen LogP contribution in [0.3, 0.4) is 0 Å². The lowest BCUT2D eigenvalue weighted by Crippen LogP contribution is -2.35. The first-order chi connectivity index (χ1) is 8.53. The SMILES string of the molecule is CC(=O)c1ccccc1NC(=O)C1(C)CCCS1. The summed E-state index contributed by atoms with van der Waals surface area (Å²) in [6, 6.07) is 7.14. The molecule has 18 heavy (non-hydrogen) atoms. The number of benzene rings is 1. The minimum absolute atomic E-state index is 0.00120. The van der Waals surface area contributed by atoms with E-state index in [2.05, 4.69) is 5.32 Å². The Hall–Kier alpha value is -1.29. The predicted octanol–water partition coefficient (Wildman–Crippen LogP) is 3.11. The number of hydrogen-bond acceptors (Lipinski definition) is 3. The summed E-state index contributed by atoms with van der Waals surface area (Å²) in [5.74, 6) is 0.993. The van der Waals surface area contributed by atoms with Gasteiger partial charge >= 0.3 is 0 Å². The van der Waals surface area contributed by atoms with Crippen molar-refractivity contribution in [2.75, 3.05) is 11.1 Å². The molecule has 0 bridgehead atoms. The molecule has 1 aromatic carbocycles. The van der Waals surface area contributed by atoms with Crippen molar-refractivity contribution in [1.82, 2.24) is 0 Å². The van der Waals surface area contributed by atoms with Crippen LogP contribution >= 0.6 is 11.8 Å². The lowest BCUT2D eigenvalue weighted by molar-refractivity contribution is -0.118. The number of nitrogens with one attached hydrogen (secondary N) is 1. The highest BCUT2D eigenvalue weighted by Gasteiger charge is 2.37. The zero-order valence-electron chi connectivity index (χ0n) is 10.7. The molecule has 96 valence electrons. The van der Waals surface area contributed by atoms with Crippen LogP contribution in [0.25, 0.3) is 0 Å². The normalized spacial score (nSPS) is 22.8. The van der Waals surface area contributed by atoms with Crippen molar-refractivity contribution >= 4 is 29.1 Å². The molecule has 1 heterocycles. The van der Waals surface area contributed by atoms with E-state index in [4.69, 9.17) is 0 Å². The average molecular weight is 263 g/mol. The lowest BCUT2D eigenvalue weighted by atomic mass is 10.0. The fraction of sp³-hybridized carbons (Fsp3) is 0.429. The first kappa shape index (κ1) is 13.1. The molecule has 1 aliphatic rings. The Bertz CT molecular complexity index is 478. The van der Waals surface area contributed by atoms with Crippen LogP contribution in [0.2, 0.25) is 0 Å². The topological polar surface area (TPSA) is 46.2 Å². The number of amides is 1. The van der Waals surface area contributed by atoms with Gasteiger partial charge in [-0.15, -0.1) is 11.8 Å². The highest BCUT2D eigenvalue weighted by molar-refractivity contribution is 8.01. The van der Waals surface area contributed by atoms with E-state index >= 15 is 0 Å². The fourth-order valence-corrected chi connectivity index (χ4v) is 3.32. The summed E-state index contributed by atoms with van der Waals surface area (Å²) in [7, 11) is 0. The number of hydrogen-bond donors (Lipinski definition) is 1. The second kappa shape index (κ2) is 5.14. The third-order valence-electron chi connectivity index (χ3n) is 3.25. The fourth-order valence-electron chi connectivity index (χ4n) is 2.11. The summed E-state index contributed by atoms with van der Waals surface area (Å²) in [5.41, 5.74) is 1.18. The summed E-state index contributed by atoms with van der Waals surface area (Å²) in [4.78, 5) is 23.8. The first-order valence-corrected chi connectivity index (χ1v) is 7.07. The van der Waals surface area contributed by atoms with Crippen LogP contribution in [0.5, 0.6) is 0 Å². The van der Waals surface area contributed by atoms with E-state index in [1.165, 1.54) is 6.92 Å². The minimum Gasteiger partial charge on any atom is -0.324 e. The van der Waals surface area contributed by atoms with Crippen molar-refractivity contribution in [3.63, 3.8) is 0 Å². The Kier molecular flexibility index (Phi) is 3.76. The van der Waals surface area contributed by atoms with Crippen LogP contribution in [0.15, 0.2) is 24.3 Å². The lowest BCUT2D eigenvalue weighted by Gasteiger charge is -2.22. The van der Waals surface area contributed by atoms with E-state index in [1.807, 2.05) is 13.0 Å². The van der Waals surface area contributed by atoms with E-state index in [0.29, 0.717) is 11.3 Å². The minimum atomic E-state index is -0.357. The van der Waals surface area contributed by atoms with Gasteiger partial charge < -0.3 is 5.32 Å². The number of thioether (sulfide) groups is 1. The standard InChI is InChI=1S/C14H17NO2S/c1-10(16)11-6-3-4-7-12(11)15-13(17)14(2)8-5-9-18-14/h3-4,6-7H,5,8-9H2,1-2H3,(H,15,17). The summed E-state index contributed by atoms with van der Waals surface area (Å²) >= 11 is 1.69. The van der Waals surface area contributed by atoms with Crippen molar-refractivity contribution < 1.29 is 9.59 Å². The van der Waals surface area contributed by atoms with Gasteiger partial charge in [-0.2, -0.15) is 0 Å². The molecule has 4 heteroatoms. The number of para-hydroxylation sites is 1. The maximum absolute atomic E-state index is 12.3. The molecule has 0 radical (unpaired) electrons. The Morgan fingerprint density at radius 2 is 2.06 bits per heavy atom. The van der Waals surface area contributed by atoms with Gasteiger partial charge in [0.2, 0.25) is 5.91 Å². The van der Waals surface area contributed by atoms with Crippen molar-refractivity contribution in [3.8, 4) is 0 Å². The molecule has 0 spiro atoms. The van der Waals surface area contributed by atoms with Gasteiger partial charge in [-0.3, -0.25) is 9.59 Å². The van der Waals surface area contributed by atoms with Gasteiger partial charge in [0, 0.05) is 5.56 Å². The molecule has 0 aliphatic carbocycles. The number of anilines is 1.